The highest BCUT2D eigenvalue weighted by Crippen LogP contribution is 1.61. The monoisotopic (exact) mass is 126 g/mol. The maximum Gasteiger partial charge on any atom is 0.446 e. The molecule has 0 amide bonds. The molecule has 0 fully saturated rings. The Morgan fingerprint density at radius 2 is 2.11 bits per heavy atom. The number of carbonyl (C=O) groups excluding carboxylic acids is 1. The van der Waals surface area contributed by atoms with E-state index in [1.165, 1.54) is 0 Å². The lowest BCUT2D eigenvalue weighted by molar-refractivity contribution is -0.134. The molecular weight excluding hydrogens is 124 g/mol. The molecule has 0 aliphatic carbocycles. The molecule has 0 aliphatic rings. The molecule has 46 valence electrons. The van der Waals surface area contributed by atoms with Crippen molar-refractivity contribution in [3.63, 3.8) is 0 Å². The molecule has 0 atom stereocenters. The third-order valence-corrected chi connectivity index (χ3v) is 0.379. The van der Waals surface area contributed by atoms with E-state index in [4.69, 9.17) is 11.1 Å². The van der Waals surface area contributed by atoms with Crippen molar-refractivity contribution in [2.75, 3.05) is 0 Å². The second-order valence-corrected chi connectivity index (χ2v) is 0.902. The Balaban J connectivity index is 3.77. The maximum absolute atomic E-state index is 10.1. The summed E-state index contributed by atoms with van der Waals surface area (Å²) in [7, 11) is 0. The predicted octanol–water partition coefficient (Wildman–Crippen LogP) is -0.912. The molecule has 0 aliphatic heterocycles. The Bertz CT molecular complexity index is 198. The third kappa shape index (κ3) is 4.08. The van der Waals surface area contributed by atoms with Crippen LogP contribution in [0.15, 0.2) is 0 Å². The van der Waals surface area contributed by atoms with E-state index in [-0.39, 0.29) is 0 Å². The minimum atomic E-state index is -0.921. The van der Waals surface area contributed by atoms with Gasteiger partial charge in [0.2, 0.25) is 0 Å². The lowest BCUT2D eigenvalue weighted by Gasteiger charge is -1.73. The zero-order chi connectivity index (χ0) is 7.11. The van der Waals surface area contributed by atoms with E-state index in [0.717, 1.165) is 0 Å². The summed E-state index contributed by atoms with van der Waals surface area (Å²) >= 11 is 0. The molecular formula is C3H2N4O2. The van der Waals surface area contributed by atoms with Gasteiger partial charge in [-0.25, -0.2) is 4.79 Å². The highest BCUT2D eigenvalue weighted by Gasteiger charge is 2.00. The molecule has 0 spiro atoms. The van der Waals surface area contributed by atoms with Gasteiger partial charge in [0.1, 0.15) is 0 Å². The first-order chi connectivity index (χ1) is 4.31. The lowest BCUT2D eigenvalue weighted by atomic mass is 10.8. The number of esters is 1. The first-order valence-electron chi connectivity index (χ1n) is 1.85. The smallest absolute Gasteiger partial charge is 0.361 e. The Morgan fingerprint density at radius 3 is 2.56 bits per heavy atom. The van der Waals surface area contributed by atoms with Crippen molar-refractivity contribution in [1.29, 1.82) is 0 Å². The van der Waals surface area contributed by atoms with E-state index >= 15 is 0 Å². The van der Waals surface area contributed by atoms with Crippen LogP contribution in [0.5, 0.6) is 0 Å². The molecule has 0 heterocycles. The molecule has 0 unspecified atom stereocenters. The number of carbonyl (C=O) groups is 1. The van der Waals surface area contributed by atoms with Crippen LogP contribution in [0, 0.1) is 0 Å². The lowest BCUT2D eigenvalue weighted by Crippen LogP contribution is -2.04. The number of nitrogens with zero attached hydrogens (tertiary/aromatic N) is 4. The fourth-order valence-electron chi connectivity index (χ4n) is 0.153. The van der Waals surface area contributed by atoms with Gasteiger partial charge in [-0.15, -0.1) is 4.79 Å². The molecule has 9 heavy (non-hydrogen) atoms. The zero-order valence-electron chi connectivity index (χ0n) is 4.26. The summed E-state index contributed by atoms with van der Waals surface area (Å²) < 4.78 is 3.94. The van der Waals surface area contributed by atoms with Gasteiger partial charge in [-0.1, -0.05) is 0 Å². The van der Waals surface area contributed by atoms with Crippen molar-refractivity contribution in [2.45, 2.75) is 0 Å². The van der Waals surface area contributed by atoms with Crippen molar-refractivity contribution < 1.29 is 19.1 Å². The summed E-state index contributed by atoms with van der Waals surface area (Å²) in [5.74, 6) is -0.921. The minimum Gasteiger partial charge on any atom is -0.361 e. The SMILES string of the molecule is [N-]=[N+]=COC(=O)C=[N+]=[N-]. The van der Waals surface area contributed by atoms with Gasteiger partial charge >= 0.3 is 18.6 Å². The summed E-state index contributed by atoms with van der Waals surface area (Å²) in [6.45, 7) is 0. The normalized spacial score (nSPS) is 6.22. The van der Waals surface area contributed by atoms with Crippen molar-refractivity contribution in [2.24, 2.45) is 0 Å². The van der Waals surface area contributed by atoms with Gasteiger partial charge in [0.05, 0.1) is 0 Å². The van der Waals surface area contributed by atoms with Crippen LogP contribution in [0.25, 0.3) is 11.1 Å². The Labute approximate surface area is 49.9 Å². The quantitative estimate of drug-likeness (QED) is 0.157. The number of hydrogen-bond donors (Lipinski definition) is 0. The summed E-state index contributed by atoms with van der Waals surface area (Å²) in [5, 5.41) is 0. The van der Waals surface area contributed by atoms with Gasteiger partial charge in [-0.05, 0) is 0 Å². The molecule has 0 aromatic carbocycles. The number of rotatable bonds is 2. The molecule has 0 aromatic rings. The van der Waals surface area contributed by atoms with E-state index in [1.54, 1.807) is 0 Å². The number of ether oxygens (including phenoxy) is 1. The van der Waals surface area contributed by atoms with Gasteiger partial charge in [0.25, 0.3) is 0 Å². The summed E-state index contributed by atoms with van der Waals surface area (Å²) in [6.07, 6.45) is 1.02. The maximum atomic E-state index is 10.1. The van der Waals surface area contributed by atoms with Crippen molar-refractivity contribution in [3.8, 4) is 0 Å². The Hall–Kier alpha value is -1.77. The highest BCUT2D eigenvalue weighted by molar-refractivity contribution is 6.22. The first kappa shape index (κ1) is 7.23. The summed E-state index contributed by atoms with van der Waals surface area (Å²) in [6, 6.07) is 0. The van der Waals surface area contributed by atoms with E-state index in [0.29, 0.717) is 12.6 Å². The molecule has 0 aromatic heterocycles. The summed E-state index contributed by atoms with van der Waals surface area (Å²) in [5.41, 5.74) is 15.4. The second kappa shape index (κ2) is 4.39. The van der Waals surface area contributed by atoms with Gasteiger partial charge in [-0.3, -0.25) is 0 Å². The van der Waals surface area contributed by atoms with Crippen LogP contribution in [0.3, 0.4) is 0 Å². The third-order valence-electron chi connectivity index (χ3n) is 0.379. The molecule has 6 nitrogen and oxygen atoms in total. The van der Waals surface area contributed by atoms with Crippen LogP contribution in [0.2, 0.25) is 0 Å². The number of hydrogen-bond acceptors (Lipinski definition) is 2. The molecule has 6 heteroatoms. The van der Waals surface area contributed by atoms with E-state index in [1.807, 2.05) is 0 Å². The second-order valence-electron chi connectivity index (χ2n) is 0.902. The van der Waals surface area contributed by atoms with E-state index in [2.05, 4.69) is 14.3 Å². The average molecular weight is 126 g/mol. The fourth-order valence-corrected chi connectivity index (χ4v) is 0.153. The largest absolute Gasteiger partial charge is 0.446 e. The van der Waals surface area contributed by atoms with Crippen molar-refractivity contribution in [1.82, 2.24) is 0 Å². The Morgan fingerprint density at radius 1 is 1.44 bits per heavy atom. The van der Waals surface area contributed by atoms with Crippen LogP contribution >= 0.6 is 0 Å². The van der Waals surface area contributed by atoms with E-state index < -0.39 is 5.97 Å². The van der Waals surface area contributed by atoms with Gasteiger partial charge in [0, 0.05) is 0 Å². The van der Waals surface area contributed by atoms with Gasteiger partial charge < -0.3 is 15.8 Å². The van der Waals surface area contributed by atoms with Gasteiger partial charge in [-0.2, -0.15) is 4.79 Å². The molecule has 0 N–H and O–H groups in total. The highest BCUT2D eigenvalue weighted by atomic mass is 16.5. The average Bonchev–Trinajstić information content (AvgIpc) is 1.85. The fraction of sp³-hybridized carbons (Fsp3) is 0. The van der Waals surface area contributed by atoms with Crippen LogP contribution in [0.4, 0.5) is 0 Å². The predicted molar refractivity (Wildman–Crippen MR) is 25.5 cm³/mol. The van der Waals surface area contributed by atoms with E-state index in [9.17, 15) is 4.79 Å². The van der Waals surface area contributed by atoms with Crippen LogP contribution < -0.4 is 0 Å². The first-order valence-corrected chi connectivity index (χ1v) is 1.85. The van der Waals surface area contributed by atoms with Crippen LogP contribution in [-0.4, -0.2) is 28.2 Å². The Kier molecular flexibility index (Phi) is 3.53. The van der Waals surface area contributed by atoms with Crippen LogP contribution in [0.1, 0.15) is 0 Å². The molecule has 0 radical (unpaired) electrons. The molecule has 0 saturated heterocycles. The van der Waals surface area contributed by atoms with Crippen molar-refractivity contribution in [3.05, 3.63) is 11.1 Å². The molecule has 0 bridgehead atoms. The van der Waals surface area contributed by atoms with Crippen molar-refractivity contribution >= 4 is 18.6 Å². The van der Waals surface area contributed by atoms with Gasteiger partial charge in [0.15, 0.2) is 0 Å². The summed E-state index contributed by atoms with van der Waals surface area (Å²) in [4.78, 5) is 14.8. The zero-order valence-corrected chi connectivity index (χ0v) is 4.26. The topological polar surface area (TPSA) is 99.1 Å². The standard InChI is InChI=1S/C3H2N4O2/c4-6-1-3(8)9-2-7-5/h1-2H. The molecule has 0 rings (SSSR count). The molecule has 0 saturated carbocycles. The minimum absolute atomic E-state index is 0.504. The van der Waals surface area contributed by atoms with Crippen LogP contribution in [-0.2, 0) is 9.53 Å².